The molecule has 8 heteroatoms. The van der Waals surface area contributed by atoms with Crippen LogP contribution < -0.4 is 15.4 Å². The molecule has 8 nitrogen and oxygen atoms in total. The molecular formula is C16H17N5O3. The fraction of sp³-hybridized carbons (Fsp3) is 0.188. The maximum atomic E-state index is 9.33. The van der Waals surface area contributed by atoms with Gasteiger partial charge in [-0.1, -0.05) is 0 Å². The van der Waals surface area contributed by atoms with Crippen LogP contribution in [0.25, 0.3) is 0 Å². The first-order valence-corrected chi connectivity index (χ1v) is 7.44. The number of anilines is 3. The van der Waals surface area contributed by atoms with Crippen molar-refractivity contribution in [2.45, 2.75) is 13.5 Å². The van der Waals surface area contributed by atoms with E-state index < -0.39 is 0 Å². The Labute approximate surface area is 138 Å². The fourth-order valence-electron chi connectivity index (χ4n) is 1.94. The van der Waals surface area contributed by atoms with E-state index in [1.54, 1.807) is 30.5 Å². The van der Waals surface area contributed by atoms with Crippen LogP contribution in [-0.2, 0) is 6.54 Å². The number of phenols is 1. The Hall–Kier alpha value is -3.29. The number of nitrogens with one attached hydrogen (secondary N) is 2. The second-order valence-corrected chi connectivity index (χ2v) is 4.80. The van der Waals surface area contributed by atoms with Crippen LogP contribution in [0.15, 0.2) is 47.1 Å². The van der Waals surface area contributed by atoms with E-state index in [-0.39, 0.29) is 11.8 Å². The summed E-state index contributed by atoms with van der Waals surface area (Å²) in [5, 5.41) is 15.4. The van der Waals surface area contributed by atoms with E-state index in [1.165, 1.54) is 0 Å². The Kier molecular flexibility index (Phi) is 4.76. The number of ether oxygens (including phenoxy) is 1. The van der Waals surface area contributed by atoms with E-state index in [4.69, 9.17) is 9.15 Å². The zero-order chi connectivity index (χ0) is 16.8. The molecule has 24 heavy (non-hydrogen) atoms. The standard InChI is InChI=1S/C16H17N5O3/c1-2-23-16-20-14(17-10-13-4-3-9-24-13)19-15(21-16)18-11-5-7-12(22)8-6-11/h3-9,22H,2,10H2,1H3,(H2,17,18,19,20,21). The highest BCUT2D eigenvalue weighted by molar-refractivity contribution is 5.55. The van der Waals surface area contributed by atoms with Crippen LogP contribution in [0.2, 0.25) is 0 Å². The lowest BCUT2D eigenvalue weighted by Crippen LogP contribution is -2.09. The Morgan fingerprint density at radius 2 is 1.88 bits per heavy atom. The number of hydrogen-bond acceptors (Lipinski definition) is 8. The summed E-state index contributed by atoms with van der Waals surface area (Å²) in [5.74, 6) is 1.65. The second-order valence-electron chi connectivity index (χ2n) is 4.80. The summed E-state index contributed by atoms with van der Waals surface area (Å²) in [6.07, 6.45) is 1.61. The smallest absolute Gasteiger partial charge is 0.323 e. The maximum absolute atomic E-state index is 9.33. The molecule has 0 saturated heterocycles. The third kappa shape index (κ3) is 4.13. The first-order valence-electron chi connectivity index (χ1n) is 7.44. The quantitative estimate of drug-likeness (QED) is 0.569. The first kappa shape index (κ1) is 15.6. The van der Waals surface area contributed by atoms with Crippen molar-refractivity contribution in [2.24, 2.45) is 0 Å². The molecule has 0 aliphatic carbocycles. The van der Waals surface area contributed by atoms with Gasteiger partial charge in [0.05, 0.1) is 19.4 Å². The maximum Gasteiger partial charge on any atom is 0.323 e. The van der Waals surface area contributed by atoms with Crippen LogP contribution in [0.3, 0.4) is 0 Å². The van der Waals surface area contributed by atoms with Crippen molar-refractivity contribution >= 4 is 17.6 Å². The molecule has 0 aliphatic rings. The van der Waals surface area contributed by atoms with Gasteiger partial charge in [-0.2, -0.15) is 15.0 Å². The normalized spacial score (nSPS) is 10.4. The first-order chi connectivity index (χ1) is 11.7. The van der Waals surface area contributed by atoms with Gasteiger partial charge in [0, 0.05) is 5.69 Å². The van der Waals surface area contributed by atoms with Gasteiger partial charge in [0.1, 0.15) is 11.5 Å². The van der Waals surface area contributed by atoms with Crippen LogP contribution in [0, 0.1) is 0 Å². The van der Waals surface area contributed by atoms with Gasteiger partial charge >= 0.3 is 6.01 Å². The van der Waals surface area contributed by atoms with Gasteiger partial charge < -0.3 is 24.9 Å². The Bertz CT molecular complexity index is 775. The van der Waals surface area contributed by atoms with E-state index in [0.29, 0.717) is 25.0 Å². The molecule has 0 radical (unpaired) electrons. The lowest BCUT2D eigenvalue weighted by Gasteiger charge is -2.09. The molecule has 1 aromatic carbocycles. The predicted molar refractivity (Wildman–Crippen MR) is 88.4 cm³/mol. The molecule has 0 bridgehead atoms. The van der Waals surface area contributed by atoms with E-state index in [2.05, 4.69) is 25.6 Å². The summed E-state index contributed by atoms with van der Waals surface area (Å²) >= 11 is 0. The number of aromatic nitrogens is 3. The molecule has 0 fully saturated rings. The largest absolute Gasteiger partial charge is 0.508 e. The molecule has 0 aliphatic heterocycles. The van der Waals surface area contributed by atoms with Crippen molar-refractivity contribution in [1.29, 1.82) is 0 Å². The number of furan rings is 1. The summed E-state index contributed by atoms with van der Waals surface area (Å²) in [4.78, 5) is 12.7. The summed E-state index contributed by atoms with van der Waals surface area (Å²) in [6, 6.07) is 10.5. The number of aromatic hydroxyl groups is 1. The average Bonchev–Trinajstić information content (AvgIpc) is 3.09. The Morgan fingerprint density at radius 1 is 1.08 bits per heavy atom. The molecule has 124 valence electrons. The van der Waals surface area contributed by atoms with Crippen LogP contribution in [0.5, 0.6) is 11.8 Å². The summed E-state index contributed by atoms with van der Waals surface area (Å²) in [6.45, 7) is 2.74. The van der Waals surface area contributed by atoms with Crippen molar-refractivity contribution < 1.29 is 14.3 Å². The van der Waals surface area contributed by atoms with E-state index in [1.807, 2.05) is 19.1 Å². The van der Waals surface area contributed by atoms with Crippen molar-refractivity contribution in [3.05, 3.63) is 48.4 Å². The van der Waals surface area contributed by atoms with Crippen LogP contribution in [0.4, 0.5) is 17.6 Å². The van der Waals surface area contributed by atoms with E-state index in [0.717, 1.165) is 11.4 Å². The predicted octanol–water partition coefficient (Wildman–Crippen LogP) is 2.92. The van der Waals surface area contributed by atoms with E-state index >= 15 is 0 Å². The lowest BCUT2D eigenvalue weighted by molar-refractivity contribution is 0.312. The fourth-order valence-corrected chi connectivity index (χ4v) is 1.94. The molecule has 2 aromatic heterocycles. The van der Waals surface area contributed by atoms with Crippen molar-refractivity contribution in [1.82, 2.24) is 15.0 Å². The zero-order valence-electron chi connectivity index (χ0n) is 13.1. The van der Waals surface area contributed by atoms with Crippen molar-refractivity contribution in [3.8, 4) is 11.8 Å². The summed E-state index contributed by atoms with van der Waals surface area (Å²) < 4.78 is 10.6. The number of phenolic OH excluding ortho intramolecular Hbond substituents is 1. The monoisotopic (exact) mass is 327 g/mol. The Morgan fingerprint density at radius 3 is 2.58 bits per heavy atom. The van der Waals surface area contributed by atoms with Gasteiger partial charge in [-0.05, 0) is 43.3 Å². The molecule has 0 atom stereocenters. The minimum atomic E-state index is 0.187. The molecule has 0 spiro atoms. The number of rotatable bonds is 7. The minimum Gasteiger partial charge on any atom is -0.508 e. The second kappa shape index (κ2) is 7.32. The summed E-state index contributed by atoms with van der Waals surface area (Å²) in [5.41, 5.74) is 0.735. The molecule has 0 saturated carbocycles. The molecular weight excluding hydrogens is 310 g/mol. The van der Waals surface area contributed by atoms with Gasteiger partial charge in [0.2, 0.25) is 11.9 Å². The lowest BCUT2D eigenvalue weighted by atomic mass is 10.3. The molecule has 2 heterocycles. The minimum absolute atomic E-state index is 0.187. The third-order valence-corrected chi connectivity index (χ3v) is 3.01. The van der Waals surface area contributed by atoms with Crippen LogP contribution >= 0.6 is 0 Å². The van der Waals surface area contributed by atoms with E-state index in [9.17, 15) is 5.11 Å². The van der Waals surface area contributed by atoms with Crippen molar-refractivity contribution in [3.63, 3.8) is 0 Å². The van der Waals surface area contributed by atoms with Gasteiger partial charge in [-0.15, -0.1) is 0 Å². The van der Waals surface area contributed by atoms with Crippen LogP contribution in [0.1, 0.15) is 12.7 Å². The molecule has 3 rings (SSSR count). The highest BCUT2D eigenvalue weighted by Gasteiger charge is 2.08. The molecule has 0 amide bonds. The zero-order valence-corrected chi connectivity index (χ0v) is 13.1. The average molecular weight is 327 g/mol. The Balaban J connectivity index is 1.77. The van der Waals surface area contributed by atoms with Crippen molar-refractivity contribution in [2.75, 3.05) is 17.2 Å². The molecule has 3 aromatic rings. The topological polar surface area (TPSA) is 105 Å². The number of nitrogens with zero attached hydrogens (tertiary/aromatic N) is 3. The third-order valence-electron chi connectivity index (χ3n) is 3.01. The van der Waals surface area contributed by atoms with Gasteiger partial charge in [0.15, 0.2) is 0 Å². The summed E-state index contributed by atoms with van der Waals surface area (Å²) in [7, 11) is 0. The van der Waals surface area contributed by atoms with Gasteiger partial charge in [0.25, 0.3) is 0 Å². The highest BCUT2D eigenvalue weighted by Crippen LogP contribution is 2.19. The van der Waals surface area contributed by atoms with Gasteiger partial charge in [-0.3, -0.25) is 0 Å². The number of hydrogen-bond donors (Lipinski definition) is 3. The SMILES string of the molecule is CCOc1nc(NCc2ccco2)nc(Nc2ccc(O)cc2)n1. The number of benzene rings is 1. The van der Waals surface area contributed by atoms with Crippen LogP contribution in [-0.4, -0.2) is 26.7 Å². The molecule has 0 unspecified atom stereocenters. The highest BCUT2D eigenvalue weighted by atomic mass is 16.5. The molecule has 3 N–H and O–H groups in total. The van der Waals surface area contributed by atoms with Gasteiger partial charge in [-0.25, -0.2) is 0 Å².